The smallest absolute Gasteiger partial charge is 0.0250 e. The van der Waals surface area contributed by atoms with Crippen LogP contribution >= 0.6 is 0 Å². The number of fused-ring (bicyclic) bond motifs is 1. The van der Waals surface area contributed by atoms with Crippen molar-refractivity contribution in [2.75, 3.05) is 7.05 Å². The molecule has 0 aromatic rings. The van der Waals surface area contributed by atoms with Crippen molar-refractivity contribution in [1.29, 1.82) is 0 Å². The van der Waals surface area contributed by atoms with Crippen LogP contribution in [-0.4, -0.2) is 13.1 Å². The summed E-state index contributed by atoms with van der Waals surface area (Å²) in [6, 6.07) is 0.657. The molecule has 1 heteroatoms. The van der Waals surface area contributed by atoms with E-state index in [9.17, 15) is 0 Å². The molecular formula is C11H19N. The third-order valence-electron chi connectivity index (χ3n) is 3.49. The summed E-state index contributed by atoms with van der Waals surface area (Å²) in [5.41, 5.74) is 0. The standard InChI is InChI=1S/C11H19N/c1-12-11-7-6-9-4-2-3-5-10(9)8-11/h6-7,9-12H,2-5,8H2,1H3. The van der Waals surface area contributed by atoms with Gasteiger partial charge in [0.25, 0.3) is 0 Å². The molecular weight excluding hydrogens is 146 g/mol. The fourth-order valence-electron chi connectivity index (χ4n) is 2.68. The zero-order valence-corrected chi connectivity index (χ0v) is 7.92. The van der Waals surface area contributed by atoms with Crippen LogP contribution in [0.4, 0.5) is 0 Å². The van der Waals surface area contributed by atoms with Crippen LogP contribution in [0.5, 0.6) is 0 Å². The lowest BCUT2D eigenvalue weighted by Crippen LogP contribution is -2.33. The van der Waals surface area contributed by atoms with Crippen molar-refractivity contribution in [2.24, 2.45) is 11.8 Å². The molecule has 2 aliphatic carbocycles. The second-order valence-corrected chi connectivity index (χ2v) is 4.22. The normalized spacial score (nSPS) is 40.9. The second kappa shape index (κ2) is 3.61. The molecule has 0 saturated heterocycles. The van der Waals surface area contributed by atoms with Crippen molar-refractivity contribution in [3.63, 3.8) is 0 Å². The lowest BCUT2D eigenvalue weighted by atomic mass is 9.73. The minimum absolute atomic E-state index is 0.657. The first-order valence-electron chi connectivity index (χ1n) is 5.26. The van der Waals surface area contributed by atoms with Gasteiger partial charge in [-0.2, -0.15) is 0 Å². The van der Waals surface area contributed by atoms with E-state index in [0.717, 1.165) is 11.8 Å². The lowest BCUT2D eigenvalue weighted by molar-refractivity contribution is 0.242. The van der Waals surface area contributed by atoms with Gasteiger partial charge in [0.1, 0.15) is 0 Å². The molecule has 1 nitrogen and oxygen atoms in total. The van der Waals surface area contributed by atoms with Gasteiger partial charge in [-0.3, -0.25) is 0 Å². The molecule has 3 atom stereocenters. The molecule has 0 amide bonds. The van der Waals surface area contributed by atoms with E-state index in [1.165, 1.54) is 32.1 Å². The first-order chi connectivity index (χ1) is 5.90. The lowest BCUT2D eigenvalue weighted by Gasteiger charge is -2.35. The van der Waals surface area contributed by atoms with Gasteiger partial charge >= 0.3 is 0 Å². The molecule has 0 spiro atoms. The zero-order valence-electron chi connectivity index (χ0n) is 7.92. The van der Waals surface area contributed by atoms with E-state index in [-0.39, 0.29) is 0 Å². The van der Waals surface area contributed by atoms with Gasteiger partial charge in [0.2, 0.25) is 0 Å². The largest absolute Gasteiger partial charge is 0.314 e. The molecule has 12 heavy (non-hydrogen) atoms. The van der Waals surface area contributed by atoms with Crippen LogP contribution in [0.25, 0.3) is 0 Å². The fraction of sp³-hybridized carbons (Fsp3) is 0.818. The molecule has 1 N–H and O–H groups in total. The SMILES string of the molecule is CNC1C=CC2CCCCC2C1. The molecule has 0 aromatic carbocycles. The van der Waals surface area contributed by atoms with Crippen LogP contribution in [-0.2, 0) is 0 Å². The monoisotopic (exact) mass is 165 g/mol. The van der Waals surface area contributed by atoms with E-state index in [4.69, 9.17) is 0 Å². The Hall–Kier alpha value is -0.300. The van der Waals surface area contributed by atoms with E-state index < -0.39 is 0 Å². The van der Waals surface area contributed by atoms with Crippen LogP contribution in [0.15, 0.2) is 12.2 Å². The number of hydrogen-bond acceptors (Lipinski definition) is 1. The van der Waals surface area contributed by atoms with E-state index in [0.29, 0.717) is 6.04 Å². The average Bonchev–Trinajstić information content (AvgIpc) is 2.17. The summed E-state index contributed by atoms with van der Waals surface area (Å²) in [5.74, 6) is 1.91. The maximum atomic E-state index is 3.35. The van der Waals surface area contributed by atoms with Crippen molar-refractivity contribution >= 4 is 0 Å². The van der Waals surface area contributed by atoms with Gasteiger partial charge in [-0.05, 0) is 38.1 Å². The third kappa shape index (κ3) is 1.56. The highest BCUT2D eigenvalue weighted by atomic mass is 14.9. The Morgan fingerprint density at radius 2 is 2.00 bits per heavy atom. The summed E-state index contributed by atoms with van der Waals surface area (Å²) in [6.45, 7) is 0. The molecule has 0 aromatic heterocycles. The van der Waals surface area contributed by atoms with E-state index in [2.05, 4.69) is 24.5 Å². The quantitative estimate of drug-likeness (QED) is 0.588. The highest BCUT2D eigenvalue weighted by Crippen LogP contribution is 2.36. The molecule has 0 radical (unpaired) electrons. The highest BCUT2D eigenvalue weighted by Gasteiger charge is 2.27. The Balaban J connectivity index is 2.01. The van der Waals surface area contributed by atoms with Crippen molar-refractivity contribution in [1.82, 2.24) is 5.32 Å². The van der Waals surface area contributed by atoms with Gasteiger partial charge < -0.3 is 5.32 Å². The minimum Gasteiger partial charge on any atom is -0.314 e. The number of nitrogens with one attached hydrogen (secondary N) is 1. The molecule has 1 saturated carbocycles. The van der Waals surface area contributed by atoms with Crippen molar-refractivity contribution in [3.05, 3.63) is 12.2 Å². The first-order valence-corrected chi connectivity index (χ1v) is 5.26. The van der Waals surface area contributed by atoms with Crippen LogP contribution in [0, 0.1) is 11.8 Å². The van der Waals surface area contributed by atoms with Gasteiger partial charge in [0.15, 0.2) is 0 Å². The molecule has 0 aliphatic heterocycles. The Bertz CT molecular complexity index is 174. The maximum absolute atomic E-state index is 3.35. The first kappa shape index (κ1) is 8.31. The van der Waals surface area contributed by atoms with Crippen molar-refractivity contribution in [3.8, 4) is 0 Å². The summed E-state index contributed by atoms with van der Waals surface area (Å²) < 4.78 is 0. The highest BCUT2D eigenvalue weighted by molar-refractivity contribution is 5.05. The maximum Gasteiger partial charge on any atom is 0.0250 e. The molecule has 2 rings (SSSR count). The molecule has 0 bridgehead atoms. The summed E-state index contributed by atoms with van der Waals surface area (Å²) in [7, 11) is 2.07. The predicted octanol–water partition coefficient (Wildman–Crippen LogP) is 2.34. The average molecular weight is 165 g/mol. The van der Waals surface area contributed by atoms with Crippen LogP contribution < -0.4 is 5.32 Å². The summed E-state index contributed by atoms with van der Waals surface area (Å²) in [4.78, 5) is 0. The number of likely N-dealkylation sites (N-methyl/N-ethyl adjacent to an activating group) is 1. The topological polar surface area (TPSA) is 12.0 Å². The Labute approximate surface area is 75.2 Å². The minimum atomic E-state index is 0.657. The van der Waals surface area contributed by atoms with Crippen molar-refractivity contribution < 1.29 is 0 Å². The number of hydrogen-bond donors (Lipinski definition) is 1. The summed E-state index contributed by atoms with van der Waals surface area (Å²) >= 11 is 0. The molecule has 2 aliphatic rings. The van der Waals surface area contributed by atoms with Crippen LogP contribution in [0.1, 0.15) is 32.1 Å². The number of rotatable bonds is 1. The van der Waals surface area contributed by atoms with Gasteiger partial charge in [-0.15, -0.1) is 0 Å². The van der Waals surface area contributed by atoms with E-state index in [1.54, 1.807) is 0 Å². The molecule has 3 unspecified atom stereocenters. The van der Waals surface area contributed by atoms with Crippen LogP contribution in [0.2, 0.25) is 0 Å². The van der Waals surface area contributed by atoms with E-state index in [1.807, 2.05) is 0 Å². The Morgan fingerprint density at radius 1 is 1.17 bits per heavy atom. The zero-order chi connectivity index (χ0) is 8.39. The van der Waals surface area contributed by atoms with Gasteiger partial charge in [-0.25, -0.2) is 0 Å². The van der Waals surface area contributed by atoms with Gasteiger partial charge in [0.05, 0.1) is 0 Å². The number of allylic oxidation sites excluding steroid dienone is 1. The molecule has 68 valence electrons. The van der Waals surface area contributed by atoms with Gasteiger partial charge in [-0.1, -0.05) is 25.0 Å². The second-order valence-electron chi connectivity index (χ2n) is 4.22. The Kier molecular flexibility index (Phi) is 2.50. The predicted molar refractivity (Wildman–Crippen MR) is 52.1 cm³/mol. The van der Waals surface area contributed by atoms with Crippen molar-refractivity contribution in [2.45, 2.75) is 38.1 Å². The molecule has 1 fully saturated rings. The fourth-order valence-corrected chi connectivity index (χ4v) is 2.68. The van der Waals surface area contributed by atoms with E-state index >= 15 is 0 Å². The third-order valence-corrected chi connectivity index (χ3v) is 3.49. The van der Waals surface area contributed by atoms with Crippen LogP contribution in [0.3, 0.4) is 0 Å². The molecule has 0 heterocycles. The Morgan fingerprint density at radius 3 is 2.83 bits per heavy atom. The van der Waals surface area contributed by atoms with Gasteiger partial charge in [0, 0.05) is 6.04 Å². The summed E-state index contributed by atoms with van der Waals surface area (Å²) in [6.07, 6.45) is 12.0. The summed E-state index contributed by atoms with van der Waals surface area (Å²) in [5, 5.41) is 3.35.